The third kappa shape index (κ3) is 2.96. The van der Waals surface area contributed by atoms with Crippen molar-refractivity contribution in [3.05, 3.63) is 34.6 Å². The van der Waals surface area contributed by atoms with Gasteiger partial charge in [-0.25, -0.2) is 4.39 Å². The monoisotopic (exact) mass is 244 g/mol. The smallest absolute Gasteiger partial charge is 0.127 e. The minimum atomic E-state index is -0.930. The third-order valence-corrected chi connectivity index (χ3v) is 3.62. The first-order valence-corrected chi connectivity index (χ1v) is 5.91. The molecule has 0 aliphatic heterocycles. The lowest BCUT2D eigenvalue weighted by atomic mass is 9.83. The number of hydrogen-bond acceptors (Lipinski definition) is 1. The molecule has 0 saturated heterocycles. The Morgan fingerprint density at radius 1 is 1.50 bits per heavy atom. The van der Waals surface area contributed by atoms with Crippen molar-refractivity contribution in [1.29, 1.82) is 0 Å². The molecule has 90 valence electrons. The fraction of sp³-hybridized carbons (Fsp3) is 0.538. The van der Waals surface area contributed by atoms with Crippen LogP contribution in [0.4, 0.5) is 4.39 Å². The summed E-state index contributed by atoms with van der Waals surface area (Å²) in [6.45, 7) is 5.68. The fourth-order valence-corrected chi connectivity index (χ4v) is 1.90. The Morgan fingerprint density at radius 3 is 2.62 bits per heavy atom. The molecule has 0 radical (unpaired) electrons. The van der Waals surface area contributed by atoms with Crippen molar-refractivity contribution in [3.63, 3.8) is 0 Å². The Morgan fingerprint density at radius 2 is 2.12 bits per heavy atom. The molecule has 1 aromatic rings. The van der Waals surface area contributed by atoms with Gasteiger partial charge in [0.25, 0.3) is 0 Å². The van der Waals surface area contributed by atoms with Gasteiger partial charge in [-0.3, -0.25) is 0 Å². The van der Waals surface area contributed by atoms with E-state index in [-0.39, 0.29) is 18.2 Å². The molecule has 0 amide bonds. The minimum absolute atomic E-state index is 0.100. The Balaban J connectivity index is 2.96. The standard InChI is InChI=1S/C13H18ClFO/c1-4-9(2)13(3,16)8-10-11(14)6-5-7-12(10)15/h5-7,9,16H,4,8H2,1-3H3. The van der Waals surface area contributed by atoms with E-state index in [2.05, 4.69) is 0 Å². The van der Waals surface area contributed by atoms with Crippen LogP contribution in [-0.4, -0.2) is 10.7 Å². The lowest BCUT2D eigenvalue weighted by Crippen LogP contribution is -2.35. The van der Waals surface area contributed by atoms with Gasteiger partial charge in [0.2, 0.25) is 0 Å². The number of benzene rings is 1. The van der Waals surface area contributed by atoms with Crippen LogP contribution in [0.3, 0.4) is 0 Å². The molecule has 0 saturated carbocycles. The van der Waals surface area contributed by atoms with Crippen molar-refractivity contribution in [2.45, 2.75) is 39.2 Å². The maximum absolute atomic E-state index is 13.6. The van der Waals surface area contributed by atoms with Crippen molar-refractivity contribution in [1.82, 2.24) is 0 Å². The van der Waals surface area contributed by atoms with Crippen LogP contribution in [-0.2, 0) is 6.42 Å². The zero-order valence-electron chi connectivity index (χ0n) is 9.93. The Bertz CT molecular complexity index is 343. The summed E-state index contributed by atoms with van der Waals surface area (Å²) >= 11 is 5.93. The minimum Gasteiger partial charge on any atom is -0.390 e. The summed E-state index contributed by atoms with van der Waals surface area (Å²) < 4.78 is 13.6. The Hall–Kier alpha value is -0.600. The van der Waals surface area contributed by atoms with Gasteiger partial charge in [-0.2, -0.15) is 0 Å². The second-order valence-corrected chi connectivity index (χ2v) is 4.95. The summed E-state index contributed by atoms with van der Waals surface area (Å²) in [5.74, 6) is -0.251. The summed E-state index contributed by atoms with van der Waals surface area (Å²) in [5, 5.41) is 10.6. The van der Waals surface area contributed by atoms with Crippen LogP contribution in [0.2, 0.25) is 5.02 Å². The SMILES string of the molecule is CCC(C)C(C)(O)Cc1c(F)cccc1Cl. The molecule has 16 heavy (non-hydrogen) atoms. The average Bonchev–Trinajstić information content (AvgIpc) is 2.22. The van der Waals surface area contributed by atoms with Crippen molar-refractivity contribution in [3.8, 4) is 0 Å². The summed E-state index contributed by atoms with van der Waals surface area (Å²) in [6, 6.07) is 4.58. The van der Waals surface area contributed by atoms with Gasteiger partial charge in [0.15, 0.2) is 0 Å². The van der Waals surface area contributed by atoms with E-state index >= 15 is 0 Å². The first kappa shape index (κ1) is 13.5. The van der Waals surface area contributed by atoms with Crippen LogP contribution in [0, 0.1) is 11.7 Å². The van der Waals surface area contributed by atoms with E-state index in [1.807, 2.05) is 13.8 Å². The molecule has 3 heteroatoms. The predicted molar refractivity (Wildman–Crippen MR) is 65.2 cm³/mol. The summed E-state index contributed by atoms with van der Waals surface area (Å²) in [4.78, 5) is 0. The zero-order chi connectivity index (χ0) is 12.3. The normalized spacial score (nSPS) is 16.9. The summed E-state index contributed by atoms with van der Waals surface area (Å²) in [7, 11) is 0. The van der Waals surface area contributed by atoms with Crippen LogP contribution in [0.1, 0.15) is 32.8 Å². The highest BCUT2D eigenvalue weighted by atomic mass is 35.5. The van der Waals surface area contributed by atoms with Crippen molar-refractivity contribution >= 4 is 11.6 Å². The van der Waals surface area contributed by atoms with Crippen LogP contribution in [0.15, 0.2) is 18.2 Å². The van der Waals surface area contributed by atoms with Gasteiger partial charge in [0.05, 0.1) is 5.60 Å². The van der Waals surface area contributed by atoms with Crippen LogP contribution >= 0.6 is 11.6 Å². The van der Waals surface area contributed by atoms with Crippen molar-refractivity contribution in [2.24, 2.45) is 5.92 Å². The van der Waals surface area contributed by atoms with Gasteiger partial charge in [0.1, 0.15) is 5.82 Å². The van der Waals surface area contributed by atoms with Gasteiger partial charge < -0.3 is 5.11 Å². The lowest BCUT2D eigenvalue weighted by Gasteiger charge is -2.30. The molecule has 0 aliphatic carbocycles. The largest absolute Gasteiger partial charge is 0.390 e. The second-order valence-electron chi connectivity index (χ2n) is 4.54. The highest BCUT2D eigenvalue weighted by Gasteiger charge is 2.29. The molecule has 0 aliphatic rings. The second kappa shape index (κ2) is 5.15. The molecular weight excluding hydrogens is 227 g/mol. The maximum atomic E-state index is 13.6. The molecule has 0 spiro atoms. The number of aliphatic hydroxyl groups is 1. The first-order valence-electron chi connectivity index (χ1n) is 5.53. The van der Waals surface area contributed by atoms with E-state index in [1.165, 1.54) is 6.07 Å². The molecule has 0 aromatic heterocycles. The molecule has 1 aromatic carbocycles. The van der Waals surface area contributed by atoms with Crippen molar-refractivity contribution < 1.29 is 9.50 Å². The van der Waals surface area contributed by atoms with E-state index in [0.29, 0.717) is 10.6 Å². The molecule has 1 rings (SSSR count). The van der Waals surface area contributed by atoms with Gasteiger partial charge in [-0.1, -0.05) is 37.9 Å². The quantitative estimate of drug-likeness (QED) is 0.854. The molecule has 2 unspecified atom stereocenters. The van der Waals surface area contributed by atoms with E-state index in [1.54, 1.807) is 19.1 Å². The molecule has 0 heterocycles. The summed E-state index contributed by atoms with van der Waals surface area (Å²) in [5.41, 5.74) is -0.532. The number of hydrogen-bond donors (Lipinski definition) is 1. The van der Waals surface area contributed by atoms with Crippen molar-refractivity contribution in [2.75, 3.05) is 0 Å². The van der Waals surface area contributed by atoms with Gasteiger partial charge in [0, 0.05) is 17.0 Å². The molecule has 0 bridgehead atoms. The highest BCUT2D eigenvalue weighted by molar-refractivity contribution is 6.31. The van der Waals surface area contributed by atoms with Crippen LogP contribution < -0.4 is 0 Å². The number of rotatable bonds is 4. The van der Waals surface area contributed by atoms with Crippen LogP contribution in [0.25, 0.3) is 0 Å². The predicted octanol–water partition coefficient (Wildman–Crippen LogP) is 3.82. The summed E-state index contributed by atoms with van der Waals surface area (Å²) in [6.07, 6.45) is 1.09. The van der Waals surface area contributed by atoms with E-state index < -0.39 is 5.60 Å². The first-order chi connectivity index (χ1) is 7.38. The highest BCUT2D eigenvalue weighted by Crippen LogP contribution is 2.29. The molecule has 1 N–H and O–H groups in total. The number of halogens is 2. The Kier molecular flexibility index (Phi) is 4.34. The lowest BCUT2D eigenvalue weighted by molar-refractivity contribution is 0.00448. The molecule has 0 fully saturated rings. The fourth-order valence-electron chi connectivity index (χ4n) is 1.67. The van der Waals surface area contributed by atoms with E-state index in [4.69, 9.17) is 11.6 Å². The zero-order valence-corrected chi connectivity index (χ0v) is 10.7. The average molecular weight is 245 g/mol. The molecular formula is C13H18ClFO. The van der Waals surface area contributed by atoms with Gasteiger partial charge in [-0.15, -0.1) is 0 Å². The molecule has 2 atom stereocenters. The molecule has 1 nitrogen and oxygen atoms in total. The van der Waals surface area contributed by atoms with E-state index in [0.717, 1.165) is 6.42 Å². The third-order valence-electron chi connectivity index (χ3n) is 3.27. The topological polar surface area (TPSA) is 20.2 Å². The Labute approximate surface area is 101 Å². The van der Waals surface area contributed by atoms with Gasteiger partial charge >= 0.3 is 0 Å². The van der Waals surface area contributed by atoms with Gasteiger partial charge in [-0.05, 0) is 25.0 Å². The maximum Gasteiger partial charge on any atom is 0.127 e. The van der Waals surface area contributed by atoms with Crippen LogP contribution in [0.5, 0.6) is 0 Å². The van der Waals surface area contributed by atoms with E-state index in [9.17, 15) is 9.50 Å².